The molecular weight excluding hydrogens is 222 g/mol. The van der Waals surface area contributed by atoms with Gasteiger partial charge in [-0.25, -0.2) is 0 Å². The van der Waals surface area contributed by atoms with Gasteiger partial charge in [-0.05, 0) is 36.8 Å². The van der Waals surface area contributed by atoms with Gasteiger partial charge in [-0.15, -0.1) is 0 Å². The molecule has 0 amide bonds. The van der Waals surface area contributed by atoms with Crippen LogP contribution in [0.3, 0.4) is 0 Å². The van der Waals surface area contributed by atoms with E-state index in [-0.39, 0.29) is 0 Å². The molecule has 0 heterocycles. The molecule has 0 radical (unpaired) electrons. The Labute approximate surface area is 107 Å². The fourth-order valence-corrected chi connectivity index (χ4v) is 1.88. The molecular formula is C15H15N3. The minimum absolute atomic E-state index is 0.644. The monoisotopic (exact) mass is 237 g/mol. The highest BCUT2D eigenvalue weighted by molar-refractivity contribution is 5.76. The number of hydrogen-bond acceptors (Lipinski definition) is 3. The maximum Gasteiger partial charge on any atom is 0.0992 e. The molecule has 18 heavy (non-hydrogen) atoms. The minimum atomic E-state index is 0.644. The number of aryl methyl sites for hydroxylation is 1. The van der Waals surface area contributed by atoms with E-state index in [0.29, 0.717) is 5.56 Å². The average Bonchev–Trinajstić information content (AvgIpc) is 2.41. The zero-order valence-corrected chi connectivity index (χ0v) is 10.5. The number of anilines is 3. The number of nitrogens with zero attached hydrogens (tertiary/aromatic N) is 2. The van der Waals surface area contributed by atoms with E-state index in [9.17, 15) is 0 Å². The van der Waals surface area contributed by atoms with Crippen LogP contribution in [0.5, 0.6) is 0 Å². The standard InChI is InChI=1S/C15H15N3/c1-11-5-3-8-14(15(11)17)18(2)13-7-4-6-12(9-13)10-16/h3-9H,17H2,1-2H3. The first-order valence-corrected chi connectivity index (χ1v) is 5.72. The third kappa shape index (κ3) is 2.14. The molecule has 0 unspecified atom stereocenters. The molecule has 0 bridgehead atoms. The van der Waals surface area contributed by atoms with Crippen LogP contribution in [-0.2, 0) is 0 Å². The Morgan fingerprint density at radius 1 is 1.17 bits per heavy atom. The van der Waals surface area contributed by atoms with Gasteiger partial charge < -0.3 is 10.6 Å². The molecule has 3 heteroatoms. The summed E-state index contributed by atoms with van der Waals surface area (Å²) in [5.74, 6) is 0. The number of hydrogen-bond donors (Lipinski definition) is 1. The highest BCUT2D eigenvalue weighted by Crippen LogP contribution is 2.30. The van der Waals surface area contributed by atoms with Gasteiger partial charge in [0.1, 0.15) is 0 Å². The van der Waals surface area contributed by atoms with Crippen LogP contribution in [0.25, 0.3) is 0 Å². The molecule has 0 saturated carbocycles. The normalized spacial score (nSPS) is 9.83. The molecule has 90 valence electrons. The molecule has 0 fully saturated rings. The van der Waals surface area contributed by atoms with Gasteiger partial charge in [0.05, 0.1) is 23.0 Å². The van der Waals surface area contributed by atoms with Crippen molar-refractivity contribution in [1.82, 2.24) is 0 Å². The van der Waals surface area contributed by atoms with E-state index in [1.54, 1.807) is 6.07 Å². The number of nitriles is 1. The minimum Gasteiger partial charge on any atom is -0.397 e. The summed E-state index contributed by atoms with van der Waals surface area (Å²) < 4.78 is 0. The van der Waals surface area contributed by atoms with Crippen LogP contribution in [0.2, 0.25) is 0 Å². The Bertz CT molecular complexity index is 611. The Morgan fingerprint density at radius 2 is 1.89 bits per heavy atom. The first-order valence-electron chi connectivity index (χ1n) is 5.72. The molecule has 0 aliphatic rings. The van der Waals surface area contributed by atoms with E-state index >= 15 is 0 Å². The van der Waals surface area contributed by atoms with Crippen molar-refractivity contribution < 1.29 is 0 Å². The summed E-state index contributed by atoms with van der Waals surface area (Å²) in [5, 5.41) is 8.92. The molecule has 2 aromatic rings. The third-order valence-electron chi connectivity index (χ3n) is 3.03. The number of rotatable bonds is 2. The number of benzene rings is 2. The molecule has 0 aromatic heterocycles. The summed E-state index contributed by atoms with van der Waals surface area (Å²) in [4.78, 5) is 1.99. The summed E-state index contributed by atoms with van der Waals surface area (Å²) in [6, 6.07) is 15.5. The van der Waals surface area contributed by atoms with Crippen molar-refractivity contribution in [2.75, 3.05) is 17.7 Å². The Morgan fingerprint density at radius 3 is 2.61 bits per heavy atom. The second kappa shape index (κ2) is 4.80. The lowest BCUT2D eigenvalue weighted by molar-refractivity contribution is 1.20. The van der Waals surface area contributed by atoms with Gasteiger partial charge in [0.15, 0.2) is 0 Å². The third-order valence-corrected chi connectivity index (χ3v) is 3.03. The first-order chi connectivity index (χ1) is 8.63. The first kappa shape index (κ1) is 12.0. The maximum atomic E-state index is 8.92. The van der Waals surface area contributed by atoms with E-state index in [4.69, 9.17) is 11.0 Å². The van der Waals surface area contributed by atoms with Crippen LogP contribution in [0.4, 0.5) is 17.1 Å². The number of nitrogen functional groups attached to an aromatic ring is 1. The molecule has 0 spiro atoms. The van der Waals surface area contributed by atoms with Gasteiger partial charge in [-0.3, -0.25) is 0 Å². The molecule has 2 aromatic carbocycles. The summed E-state index contributed by atoms with van der Waals surface area (Å²) in [6.07, 6.45) is 0. The van der Waals surface area contributed by atoms with Crippen LogP contribution in [0.1, 0.15) is 11.1 Å². The zero-order chi connectivity index (χ0) is 13.1. The SMILES string of the molecule is Cc1cccc(N(C)c2cccc(C#N)c2)c1N. The van der Waals surface area contributed by atoms with E-state index in [1.165, 1.54) is 0 Å². The second-order valence-corrected chi connectivity index (χ2v) is 4.23. The Hall–Kier alpha value is -2.47. The number of nitrogens with two attached hydrogens (primary N) is 1. The summed E-state index contributed by atoms with van der Waals surface area (Å²) in [6.45, 7) is 1.98. The van der Waals surface area contributed by atoms with E-state index in [2.05, 4.69) is 6.07 Å². The van der Waals surface area contributed by atoms with Crippen LogP contribution >= 0.6 is 0 Å². The van der Waals surface area contributed by atoms with Gasteiger partial charge >= 0.3 is 0 Å². The predicted octanol–water partition coefficient (Wildman–Crippen LogP) is 3.22. The second-order valence-electron chi connectivity index (χ2n) is 4.23. The number of para-hydroxylation sites is 1. The molecule has 0 atom stereocenters. The van der Waals surface area contributed by atoms with Crippen molar-refractivity contribution in [1.29, 1.82) is 5.26 Å². The van der Waals surface area contributed by atoms with Gasteiger partial charge in [0.2, 0.25) is 0 Å². The fraction of sp³-hybridized carbons (Fsp3) is 0.133. The Balaban J connectivity index is 2.45. The van der Waals surface area contributed by atoms with Gasteiger partial charge in [0.25, 0.3) is 0 Å². The van der Waals surface area contributed by atoms with Crippen molar-refractivity contribution in [2.45, 2.75) is 6.92 Å². The van der Waals surface area contributed by atoms with Gasteiger partial charge in [0, 0.05) is 12.7 Å². The van der Waals surface area contributed by atoms with Gasteiger partial charge in [-0.2, -0.15) is 5.26 Å². The quantitative estimate of drug-likeness (QED) is 0.816. The topological polar surface area (TPSA) is 53.0 Å². The van der Waals surface area contributed by atoms with Gasteiger partial charge in [-0.1, -0.05) is 18.2 Å². The zero-order valence-electron chi connectivity index (χ0n) is 10.5. The molecule has 0 saturated heterocycles. The molecule has 0 aliphatic heterocycles. The summed E-state index contributed by atoms with van der Waals surface area (Å²) >= 11 is 0. The average molecular weight is 237 g/mol. The summed E-state index contributed by atoms with van der Waals surface area (Å²) in [5.41, 5.74) is 10.4. The maximum absolute atomic E-state index is 8.92. The van der Waals surface area contributed by atoms with Crippen LogP contribution in [0, 0.1) is 18.3 Å². The van der Waals surface area contributed by atoms with Crippen molar-refractivity contribution in [3.63, 3.8) is 0 Å². The lowest BCUT2D eigenvalue weighted by Crippen LogP contribution is -2.12. The highest BCUT2D eigenvalue weighted by atomic mass is 15.1. The van der Waals surface area contributed by atoms with E-state index in [1.807, 2.05) is 55.3 Å². The highest BCUT2D eigenvalue weighted by Gasteiger charge is 2.09. The van der Waals surface area contributed by atoms with Crippen molar-refractivity contribution in [3.8, 4) is 6.07 Å². The van der Waals surface area contributed by atoms with Crippen LogP contribution < -0.4 is 10.6 Å². The van der Waals surface area contributed by atoms with Crippen molar-refractivity contribution >= 4 is 17.1 Å². The van der Waals surface area contributed by atoms with E-state index < -0.39 is 0 Å². The molecule has 2 rings (SSSR count). The predicted molar refractivity (Wildman–Crippen MR) is 74.8 cm³/mol. The van der Waals surface area contributed by atoms with Crippen LogP contribution in [0.15, 0.2) is 42.5 Å². The van der Waals surface area contributed by atoms with Crippen molar-refractivity contribution in [2.24, 2.45) is 0 Å². The molecule has 3 nitrogen and oxygen atoms in total. The van der Waals surface area contributed by atoms with Crippen molar-refractivity contribution in [3.05, 3.63) is 53.6 Å². The van der Waals surface area contributed by atoms with E-state index in [0.717, 1.165) is 22.6 Å². The van der Waals surface area contributed by atoms with Crippen LogP contribution in [-0.4, -0.2) is 7.05 Å². The smallest absolute Gasteiger partial charge is 0.0992 e. The lowest BCUT2D eigenvalue weighted by Gasteiger charge is -2.22. The molecule has 0 aliphatic carbocycles. The molecule has 2 N–H and O–H groups in total. The fourth-order valence-electron chi connectivity index (χ4n) is 1.88. The lowest BCUT2D eigenvalue weighted by atomic mass is 10.1. The Kier molecular flexibility index (Phi) is 3.20. The largest absolute Gasteiger partial charge is 0.397 e. The summed E-state index contributed by atoms with van der Waals surface area (Å²) in [7, 11) is 1.95.